The van der Waals surface area contributed by atoms with Crippen molar-refractivity contribution in [2.24, 2.45) is 28.9 Å². The molecule has 0 bridgehead atoms. The Balaban J connectivity index is 2.64. The third-order valence-corrected chi connectivity index (χ3v) is 4.64. The van der Waals surface area contributed by atoms with E-state index in [0.29, 0.717) is 17.9 Å². The van der Waals surface area contributed by atoms with E-state index in [1.54, 1.807) is 0 Å². The lowest BCUT2D eigenvalue weighted by molar-refractivity contribution is -0.136. The lowest BCUT2D eigenvalue weighted by atomic mass is 9.77. The summed E-state index contributed by atoms with van der Waals surface area (Å²) in [6.45, 7) is 13.4. The fraction of sp³-hybridized carbons (Fsp3) is 0.938. The Labute approximate surface area is 118 Å². The molecule has 0 spiro atoms. The van der Waals surface area contributed by atoms with Gasteiger partial charge in [0, 0.05) is 19.6 Å². The molecule has 0 saturated carbocycles. The van der Waals surface area contributed by atoms with Crippen LogP contribution in [0.25, 0.3) is 0 Å². The average molecular weight is 268 g/mol. The van der Waals surface area contributed by atoms with E-state index in [9.17, 15) is 4.79 Å². The number of nitrogens with two attached hydrogens (primary N) is 1. The first kappa shape index (κ1) is 16.5. The quantitative estimate of drug-likeness (QED) is 0.855. The molecule has 0 radical (unpaired) electrons. The molecule has 2 atom stereocenters. The molecule has 1 amide bonds. The van der Waals surface area contributed by atoms with Gasteiger partial charge in [-0.25, -0.2) is 0 Å². The highest BCUT2D eigenvalue weighted by molar-refractivity contribution is 5.79. The molecule has 0 aromatic carbocycles. The van der Waals surface area contributed by atoms with E-state index < -0.39 is 0 Å². The van der Waals surface area contributed by atoms with Crippen LogP contribution in [0, 0.1) is 23.2 Å². The fourth-order valence-corrected chi connectivity index (χ4v) is 3.08. The van der Waals surface area contributed by atoms with Gasteiger partial charge in [-0.05, 0) is 36.5 Å². The molecule has 0 aromatic heterocycles. The van der Waals surface area contributed by atoms with Crippen LogP contribution in [0.3, 0.4) is 0 Å². The van der Waals surface area contributed by atoms with Gasteiger partial charge in [0.1, 0.15) is 0 Å². The third-order valence-electron chi connectivity index (χ3n) is 4.64. The third kappa shape index (κ3) is 4.48. The lowest BCUT2D eigenvalue weighted by Crippen LogP contribution is -2.42. The molecule has 1 aliphatic rings. The highest BCUT2D eigenvalue weighted by atomic mass is 16.2. The minimum atomic E-state index is -0.00816. The zero-order chi connectivity index (χ0) is 14.6. The smallest absolute Gasteiger partial charge is 0.227 e. The molecule has 19 heavy (non-hydrogen) atoms. The molecular formula is C16H32N2O. The van der Waals surface area contributed by atoms with Crippen molar-refractivity contribution in [3.63, 3.8) is 0 Å². The van der Waals surface area contributed by atoms with Gasteiger partial charge in [0.2, 0.25) is 5.91 Å². The van der Waals surface area contributed by atoms with Crippen molar-refractivity contribution >= 4 is 5.91 Å². The normalized spacial score (nSPS) is 23.3. The molecule has 1 fully saturated rings. The number of hydrogen-bond acceptors (Lipinski definition) is 2. The van der Waals surface area contributed by atoms with Crippen LogP contribution in [-0.4, -0.2) is 30.4 Å². The molecule has 112 valence electrons. The van der Waals surface area contributed by atoms with Crippen LogP contribution in [0.5, 0.6) is 0 Å². The molecule has 1 heterocycles. The maximum atomic E-state index is 12.5. The van der Waals surface area contributed by atoms with E-state index in [4.69, 9.17) is 5.73 Å². The molecule has 0 aromatic rings. The molecule has 1 saturated heterocycles. The standard InChI is InChI=1S/C16H32N2O/c1-12(2)14(11-17)15(19)18-9-6-7-13(8-10-18)16(3,4)5/h12-14H,6-11,17H2,1-5H3. The summed E-state index contributed by atoms with van der Waals surface area (Å²) in [5, 5.41) is 0. The Bertz CT molecular complexity index is 294. The van der Waals surface area contributed by atoms with Gasteiger partial charge >= 0.3 is 0 Å². The zero-order valence-electron chi connectivity index (χ0n) is 13.4. The molecule has 1 rings (SSSR count). The predicted molar refractivity (Wildman–Crippen MR) is 80.8 cm³/mol. The summed E-state index contributed by atoms with van der Waals surface area (Å²) in [6, 6.07) is 0. The minimum absolute atomic E-state index is 0.00816. The van der Waals surface area contributed by atoms with Gasteiger partial charge in [0.25, 0.3) is 0 Å². The average Bonchev–Trinajstić information content (AvgIpc) is 2.53. The summed E-state index contributed by atoms with van der Waals surface area (Å²) in [5.41, 5.74) is 6.12. The lowest BCUT2D eigenvalue weighted by Gasteiger charge is -2.30. The van der Waals surface area contributed by atoms with Gasteiger partial charge in [0.05, 0.1) is 5.92 Å². The van der Waals surface area contributed by atoms with Crippen molar-refractivity contribution in [1.29, 1.82) is 0 Å². The van der Waals surface area contributed by atoms with Crippen LogP contribution in [0.15, 0.2) is 0 Å². The van der Waals surface area contributed by atoms with Gasteiger partial charge in [-0.15, -0.1) is 0 Å². The van der Waals surface area contributed by atoms with Crippen molar-refractivity contribution in [1.82, 2.24) is 4.90 Å². The Hall–Kier alpha value is -0.570. The molecule has 2 N–H and O–H groups in total. The topological polar surface area (TPSA) is 46.3 Å². The first-order valence-corrected chi connectivity index (χ1v) is 7.76. The van der Waals surface area contributed by atoms with Crippen LogP contribution in [-0.2, 0) is 4.79 Å². The number of rotatable bonds is 3. The second-order valence-electron chi connectivity index (χ2n) is 7.41. The zero-order valence-corrected chi connectivity index (χ0v) is 13.4. The highest BCUT2D eigenvalue weighted by Crippen LogP contribution is 2.34. The Morgan fingerprint density at radius 3 is 2.37 bits per heavy atom. The second-order valence-corrected chi connectivity index (χ2v) is 7.41. The Kier molecular flexibility index (Phi) is 5.84. The van der Waals surface area contributed by atoms with Gasteiger partial charge in [-0.2, -0.15) is 0 Å². The molecule has 1 aliphatic heterocycles. The van der Waals surface area contributed by atoms with E-state index in [1.807, 2.05) is 0 Å². The predicted octanol–water partition coefficient (Wildman–Crippen LogP) is 2.89. The number of nitrogens with zero attached hydrogens (tertiary/aromatic N) is 1. The van der Waals surface area contributed by atoms with Gasteiger partial charge in [-0.1, -0.05) is 34.6 Å². The van der Waals surface area contributed by atoms with E-state index in [1.165, 1.54) is 6.42 Å². The fourth-order valence-electron chi connectivity index (χ4n) is 3.08. The number of hydrogen-bond donors (Lipinski definition) is 1. The summed E-state index contributed by atoms with van der Waals surface area (Å²) >= 11 is 0. The summed E-state index contributed by atoms with van der Waals surface area (Å²) in [6.07, 6.45) is 3.50. The minimum Gasteiger partial charge on any atom is -0.342 e. The summed E-state index contributed by atoms with van der Waals surface area (Å²) < 4.78 is 0. The van der Waals surface area contributed by atoms with Crippen molar-refractivity contribution in [3.8, 4) is 0 Å². The summed E-state index contributed by atoms with van der Waals surface area (Å²) in [7, 11) is 0. The molecule has 3 nitrogen and oxygen atoms in total. The van der Waals surface area contributed by atoms with Crippen molar-refractivity contribution in [2.45, 2.75) is 53.9 Å². The monoisotopic (exact) mass is 268 g/mol. The number of carbonyl (C=O) groups is 1. The van der Waals surface area contributed by atoms with Gasteiger partial charge in [-0.3, -0.25) is 4.79 Å². The summed E-state index contributed by atoms with van der Waals surface area (Å²) in [5.74, 6) is 1.32. The Morgan fingerprint density at radius 2 is 1.89 bits per heavy atom. The second kappa shape index (κ2) is 6.74. The van der Waals surface area contributed by atoms with E-state index in [2.05, 4.69) is 39.5 Å². The summed E-state index contributed by atoms with van der Waals surface area (Å²) in [4.78, 5) is 14.6. The molecular weight excluding hydrogens is 236 g/mol. The van der Waals surface area contributed by atoms with Crippen LogP contribution >= 0.6 is 0 Å². The number of carbonyl (C=O) groups excluding carboxylic acids is 1. The Morgan fingerprint density at radius 1 is 1.26 bits per heavy atom. The van der Waals surface area contributed by atoms with Crippen LogP contribution in [0.1, 0.15) is 53.9 Å². The van der Waals surface area contributed by atoms with Crippen LogP contribution in [0.2, 0.25) is 0 Å². The molecule has 3 heteroatoms. The molecule has 0 aliphatic carbocycles. The van der Waals surface area contributed by atoms with Gasteiger partial charge < -0.3 is 10.6 Å². The van der Waals surface area contributed by atoms with Crippen LogP contribution < -0.4 is 5.73 Å². The maximum Gasteiger partial charge on any atom is 0.227 e. The van der Waals surface area contributed by atoms with E-state index in [-0.39, 0.29) is 11.8 Å². The molecule has 2 unspecified atom stereocenters. The van der Waals surface area contributed by atoms with Crippen molar-refractivity contribution < 1.29 is 4.79 Å². The van der Waals surface area contributed by atoms with Crippen molar-refractivity contribution in [2.75, 3.05) is 19.6 Å². The van der Waals surface area contributed by atoms with Crippen molar-refractivity contribution in [3.05, 3.63) is 0 Å². The van der Waals surface area contributed by atoms with E-state index >= 15 is 0 Å². The number of amides is 1. The SMILES string of the molecule is CC(C)C(CN)C(=O)N1CCCC(C(C)(C)C)CC1. The maximum absolute atomic E-state index is 12.5. The first-order valence-electron chi connectivity index (χ1n) is 7.76. The largest absolute Gasteiger partial charge is 0.342 e. The van der Waals surface area contributed by atoms with E-state index in [0.717, 1.165) is 31.8 Å². The van der Waals surface area contributed by atoms with Crippen LogP contribution in [0.4, 0.5) is 0 Å². The number of likely N-dealkylation sites (tertiary alicyclic amines) is 1. The van der Waals surface area contributed by atoms with Gasteiger partial charge in [0.15, 0.2) is 0 Å². The first-order chi connectivity index (χ1) is 8.77. The highest BCUT2D eigenvalue weighted by Gasteiger charge is 2.31.